The Kier molecular flexibility index (Phi) is 8.11. The Labute approximate surface area is 117 Å². The van der Waals surface area contributed by atoms with Gasteiger partial charge in [0.1, 0.15) is 0 Å². The molecule has 0 aliphatic carbocycles. The smallest absolute Gasteiger partial charge is 0.316 e. The number of nitrogens with one attached hydrogen (secondary N) is 1. The highest BCUT2D eigenvalue weighted by Gasteiger charge is 2.05. The van der Waals surface area contributed by atoms with Crippen LogP contribution in [0.5, 0.6) is 0 Å². The Morgan fingerprint density at radius 3 is 2.79 bits per heavy atom. The molecule has 0 aliphatic rings. The van der Waals surface area contributed by atoms with Gasteiger partial charge in [0.25, 0.3) is 0 Å². The molecule has 0 saturated carbocycles. The van der Waals surface area contributed by atoms with Crippen molar-refractivity contribution in [3.63, 3.8) is 0 Å². The molecule has 0 spiro atoms. The molecule has 0 atom stereocenters. The third-order valence-corrected chi connectivity index (χ3v) is 2.97. The zero-order chi connectivity index (χ0) is 13.9. The Morgan fingerprint density at radius 1 is 1.42 bits per heavy atom. The van der Waals surface area contributed by atoms with Crippen LogP contribution in [0.2, 0.25) is 0 Å². The summed E-state index contributed by atoms with van der Waals surface area (Å²) in [5.74, 6) is -0.0133. The lowest BCUT2D eigenvalue weighted by atomic mass is 10.3. The van der Waals surface area contributed by atoms with Crippen molar-refractivity contribution in [2.24, 2.45) is 0 Å². The summed E-state index contributed by atoms with van der Waals surface area (Å²) in [7, 11) is 1.67. The molecule has 106 valence electrons. The van der Waals surface area contributed by atoms with Crippen molar-refractivity contribution in [2.75, 3.05) is 32.6 Å². The van der Waals surface area contributed by atoms with E-state index in [0.29, 0.717) is 24.9 Å². The predicted octanol–water partition coefficient (Wildman–Crippen LogP) is 0.868. The Balaban J connectivity index is 2.29. The monoisotopic (exact) mass is 285 g/mol. The maximum absolute atomic E-state index is 11.2. The number of nitrogens with zero attached hydrogens (tertiary/aromatic N) is 2. The lowest BCUT2D eigenvalue weighted by Gasteiger charge is -2.04. The van der Waals surface area contributed by atoms with Gasteiger partial charge in [-0.1, -0.05) is 11.8 Å². The number of hydrogen-bond donors (Lipinski definition) is 1. The van der Waals surface area contributed by atoms with Gasteiger partial charge in [0.15, 0.2) is 5.16 Å². The van der Waals surface area contributed by atoms with Gasteiger partial charge in [-0.3, -0.25) is 4.79 Å². The number of esters is 1. The van der Waals surface area contributed by atoms with Gasteiger partial charge >= 0.3 is 5.97 Å². The molecule has 1 N–H and O–H groups in total. The van der Waals surface area contributed by atoms with Crippen LogP contribution in [0.15, 0.2) is 17.6 Å². The highest BCUT2D eigenvalue weighted by atomic mass is 32.2. The number of rotatable bonds is 9. The average Bonchev–Trinajstić information content (AvgIpc) is 2.43. The molecule has 1 rings (SSSR count). The van der Waals surface area contributed by atoms with Crippen LogP contribution in [-0.2, 0) is 20.8 Å². The first-order valence-electron chi connectivity index (χ1n) is 6.05. The molecule has 0 fully saturated rings. The molecule has 0 unspecified atom stereocenters. The summed E-state index contributed by atoms with van der Waals surface area (Å²) in [6, 6.07) is 0. The van der Waals surface area contributed by atoms with Gasteiger partial charge in [0.05, 0.1) is 19.0 Å². The number of thioether (sulfide) groups is 1. The normalized spacial score (nSPS) is 10.4. The van der Waals surface area contributed by atoms with E-state index < -0.39 is 0 Å². The van der Waals surface area contributed by atoms with Crippen LogP contribution in [0.3, 0.4) is 0 Å². The summed E-state index contributed by atoms with van der Waals surface area (Å²) in [5.41, 5.74) is 0.997. The molecule has 7 heteroatoms. The number of methoxy groups -OCH3 is 1. The third-order valence-electron chi connectivity index (χ3n) is 2.12. The largest absolute Gasteiger partial charge is 0.465 e. The first kappa shape index (κ1) is 15.9. The highest BCUT2D eigenvalue weighted by molar-refractivity contribution is 7.99. The lowest BCUT2D eigenvalue weighted by Crippen LogP contribution is -2.18. The molecule has 6 nitrogen and oxygen atoms in total. The molecule has 1 aromatic heterocycles. The summed E-state index contributed by atoms with van der Waals surface area (Å²) in [4.78, 5) is 19.5. The number of carbonyl (C=O) groups is 1. The summed E-state index contributed by atoms with van der Waals surface area (Å²) in [6.45, 7) is 4.34. The van der Waals surface area contributed by atoms with E-state index in [1.807, 2.05) is 0 Å². The molecule has 0 amide bonds. The molecule has 1 heterocycles. The van der Waals surface area contributed by atoms with Crippen molar-refractivity contribution in [1.82, 2.24) is 15.3 Å². The van der Waals surface area contributed by atoms with Gasteiger partial charge in [-0.25, -0.2) is 9.97 Å². The van der Waals surface area contributed by atoms with Crippen LogP contribution in [0.1, 0.15) is 12.5 Å². The van der Waals surface area contributed by atoms with Crippen molar-refractivity contribution in [3.8, 4) is 0 Å². The number of carbonyl (C=O) groups excluding carboxylic acids is 1. The van der Waals surface area contributed by atoms with Gasteiger partial charge in [-0.05, 0) is 6.92 Å². The van der Waals surface area contributed by atoms with E-state index in [1.54, 1.807) is 26.4 Å². The zero-order valence-corrected chi connectivity index (χ0v) is 12.0. The van der Waals surface area contributed by atoms with Gasteiger partial charge in [-0.15, -0.1) is 0 Å². The van der Waals surface area contributed by atoms with Crippen molar-refractivity contribution in [2.45, 2.75) is 18.6 Å². The molecule has 0 radical (unpaired) electrons. The van der Waals surface area contributed by atoms with E-state index in [4.69, 9.17) is 9.47 Å². The minimum absolute atomic E-state index is 0.235. The van der Waals surface area contributed by atoms with Crippen LogP contribution in [0.25, 0.3) is 0 Å². The van der Waals surface area contributed by atoms with E-state index in [1.165, 1.54) is 11.8 Å². The first-order chi connectivity index (χ1) is 9.26. The van der Waals surface area contributed by atoms with Gasteiger partial charge in [0.2, 0.25) is 0 Å². The second kappa shape index (κ2) is 9.71. The fraction of sp³-hybridized carbons (Fsp3) is 0.583. The first-order valence-corrected chi connectivity index (χ1v) is 7.03. The predicted molar refractivity (Wildman–Crippen MR) is 73.0 cm³/mol. The maximum Gasteiger partial charge on any atom is 0.316 e. The van der Waals surface area contributed by atoms with Gasteiger partial charge in [0, 0.05) is 38.2 Å². The maximum atomic E-state index is 11.2. The molecule has 0 aliphatic heterocycles. The summed E-state index contributed by atoms with van der Waals surface area (Å²) < 4.78 is 9.76. The molecular weight excluding hydrogens is 266 g/mol. The van der Waals surface area contributed by atoms with Crippen molar-refractivity contribution in [3.05, 3.63) is 18.0 Å². The summed E-state index contributed by atoms with van der Waals surface area (Å²) in [5, 5.41) is 3.78. The second-order valence-electron chi connectivity index (χ2n) is 3.64. The van der Waals surface area contributed by atoms with Crippen LogP contribution in [0.4, 0.5) is 0 Å². The van der Waals surface area contributed by atoms with Crippen LogP contribution in [-0.4, -0.2) is 48.6 Å². The zero-order valence-electron chi connectivity index (χ0n) is 11.2. The highest BCUT2D eigenvalue weighted by Crippen LogP contribution is 2.12. The minimum Gasteiger partial charge on any atom is -0.465 e. The molecule has 19 heavy (non-hydrogen) atoms. The Morgan fingerprint density at radius 2 is 2.16 bits per heavy atom. The van der Waals surface area contributed by atoms with E-state index >= 15 is 0 Å². The Hall–Kier alpha value is -1.18. The topological polar surface area (TPSA) is 73.3 Å². The van der Waals surface area contributed by atoms with Crippen molar-refractivity contribution < 1.29 is 14.3 Å². The van der Waals surface area contributed by atoms with Crippen molar-refractivity contribution in [1.29, 1.82) is 0 Å². The number of hydrogen-bond acceptors (Lipinski definition) is 7. The van der Waals surface area contributed by atoms with Crippen molar-refractivity contribution >= 4 is 17.7 Å². The lowest BCUT2D eigenvalue weighted by molar-refractivity contribution is -0.139. The van der Waals surface area contributed by atoms with Crippen LogP contribution >= 0.6 is 11.8 Å². The number of aromatic nitrogens is 2. The molecule has 0 saturated heterocycles. The fourth-order valence-corrected chi connectivity index (χ4v) is 1.83. The average molecular weight is 285 g/mol. The van der Waals surface area contributed by atoms with Crippen LogP contribution in [0, 0.1) is 0 Å². The van der Waals surface area contributed by atoms with E-state index in [0.717, 1.165) is 12.1 Å². The van der Waals surface area contributed by atoms with E-state index in [-0.39, 0.29) is 11.7 Å². The summed E-state index contributed by atoms with van der Waals surface area (Å²) >= 11 is 1.27. The second-order valence-corrected chi connectivity index (χ2v) is 4.58. The molecule has 0 aromatic carbocycles. The molecular formula is C12H19N3O3S. The van der Waals surface area contributed by atoms with Gasteiger partial charge < -0.3 is 14.8 Å². The van der Waals surface area contributed by atoms with E-state index in [9.17, 15) is 4.79 Å². The standard InChI is InChI=1S/C12H19N3O3S/c1-3-18-11(16)9-19-12-14-7-10(8-15-12)6-13-4-5-17-2/h7-8,13H,3-6,9H2,1-2H3. The third kappa shape index (κ3) is 7.09. The minimum atomic E-state index is -0.249. The van der Waals surface area contributed by atoms with Crippen LogP contribution < -0.4 is 5.32 Å². The number of ether oxygens (including phenoxy) is 2. The SMILES string of the molecule is CCOC(=O)CSc1ncc(CNCCOC)cn1. The summed E-state index contributed by atoms with van der Waals surface area (Å²) in [6.07, 6.45) is 3.50. The molecule has 0 bridgehead atoms. The Bertz CT molecular complexity index is 373. The molecule has 1 aromatic rings. The van der Waals surface area contributed by atoms with Gasteiger partial charge in [-0.2, -0.15) is 0 Å². The van der Waals surface area contributed by atoms with E-state index in [2.05, 4.69) is 15.3 Å². The fourth-order valence-electron chi connectivity index (χ4n) is 1.24. The quantitative estimate of drug-likeness (QED) is 0.312.